The van der Waals surface area contributed by atoms with Crippen LogP contribution in [0.15, 0.2) is 36.7 Å². The van der Waals surface area contributed by atoms with Crippen molar-refractivity contribution in [3.8, 4) is 11.5 Å². The van der Waals surface area contributed by atoms with E-state index in [-0.39, 0.29) is 10.8 Å². The molecular formula is C16H14ClF4NO4. The lowest BCUT2D eigenvalue weighted by atomic mass is 10.3. The molecule has 1 atom stereocenters. The first kappa shape index (κ1) is 21.5. The van der Waals surface area contributed by atoms with Crippen LogP contribution in [-0.2, 0) is 11.0 Å². The monoisotopic (exact) mass is 395 g/mol. The molecule has 26 heavy (non-hydrogen) atoms. The zero-order chi connectivity index (χ0) is 19.9. The van der Waals surface area contributed by atoms with Gasteiger partial charge >= 0.3 is 12.1 Å². The smallest absolute Gasteiger partial charge is 0.417 e. The van der Waals surface area contributed by atoms with Crippen molar-refractivity contribution in [3.05, 3.63) is 53.1 Å². The number of carbonyl (C=O) groups is 1. The lowest BCUT2D eigenvalue weighted by Gasteiger charge is -2.11. The fourth-order valence-electron chi connectivity index (χ4n) is 1.51. The summed E-state index contributed by atoms with van der Waals surface area (Å²) in [6.45, 7) is 1.33. The molecule has 2 rings (SSSR count). The van der Waals surface area contributed by atoms with E-state index >= 15 is 0 Å². The molecule has 0 bridgehead atoms. The minimum Gasteiger partial charge on any atom is -0.497 e. The maximum absolute atomic E-state index is 13.3. The molecular weight excluding hydrogens is 382 g/mol. The third kappa shape index (κ3) is 6.75. The summed E-state index contributed by atoms with van der Waals surface area (Å²) in [4.78, 5) is 13.8. The molecule has 0 aliphatic heterocycles. The van der Waals surface area contributed by atoms with Crippen molar-refractivity contribution in [2.45, 2.75) is 19.2 Å². The first-order valence-corrected chi connectivity index (χ1v) is 7.33. The first-order valence-electron chi connectivity index (χ1n) is 6.95. The van der Waals surface area contributed by atoms with Gasteiger partial charge in [-0.25, -0.2) is 9.18 Å². The minimum absolute atomic E-state index is 0.0141. The third-order valence-electron chi connectivity index (χ3n) is 2.82. The summed E-state index contributed by atoms with van der Waals surface area (Å²) in [6, 6.07) is 4.78. The number of nitrogens with zero attached hydrogens (tertiary/aromatic N) is 1. The van der Waals surface area contributed by atoms with Gasteiger partial charge in [-0.3, -0.25) is 4.98 Å². The van der Waals surface area contributed by atoms with Gasteiger partial charge in [-0.2, -0.15) is 13.2 Å². The normalized spacial score (nSPS) is 11.8. The fraction of sp³-hybridized carbons (Fsp3) is 0.250. The highest BCUT2D eigenvalue weighted by Crippen LogP contribution is 2.29. The predicted molar refractivity (Wildman–Crippen MR) is 84.9 cm³/mol. The Labute approximate surface area is 151 Å². The SMILES string of the molecule is COc1ccc(OC(C)C(=O)O)c(F)c1.FC(F)(F)c1cncc(Cl)c1. The Bertz CT molecular complexity index is 755. The second-order valence-corrected chi connectivity index (χ2v) is 5.22. The zero-order valence-electron chi connectivity index (χ0n) is 13.6. The number of halogens is 5. The number of alkyl halides is 3. The van der Waals surface area contributed by atoms with Crippen LogP contribution in [0.5, 0.6) is 11.5 Å². The summed E-state index contributed by atoms with van der Waals surface area (Å²) >= 11 is 5.29. The highest BCUT2D eigenvalue weighted by atomic mass is 35.5. The van der Waals surface area contributed by atoms with Gasteiger partial charge in [-0.05, 0) is 25.1 Å². The number of hydrogen-bond donors (Lipinski definition) is 1. The molecule has 0 saturated carbocycles. The molecule has 0 aliphatic carbocycles. The average molecular weight is 396 g/mol. The van der Waals surface area contributed by atoms with E-state index in [1.54, 1.807) is 0 Å². The van der Waals surface area contributed by atoms with Crippen LogP contribution in [0.2, 0.25) is 5.02 Å². The Morgan fingerprint density at radius 2 is 1.92 bits per heavy atom. The van der Waals surface area contributed by atoms with Crippen LogP contribution >= 0.6 is 11.6 Å². The number of carboxylic acid groups (broad SMARTS) is 1. The van der Waals surface area contributed by atoms with Crippen molar-refractivity contribution < 1.29 is 36.9 Å². The van der Waals surface area contributed by atoms with Gasteiger partial charge in [0.05, 0.1) is 17.7 Å². The van der Waals surface area contributed by atoms with E-state index in [4.69, 9.17) is 26.2 Å². The number of methoxy groups -OCH3 is 1. The van der Waals surface area contributed by atoms with E-state index in [2.05, 4.69) is 4.98 Å². The van der Waals surface area contributed by atoms with E-state index < -0.39 is 29.6 Å². The molecule has 10 heteroatoms. The highest BCUT2D eigenvalue weighted by molar-refractivity contribution is 6.30. The van der Waals surface area contributed by atoms with Gasteiger partial charge in [0.2, 0.25) is 0 Å². The second kappa shape index (κ2) is 9.23. The van der Waals surface area contributed by atoms with Gasteiger partial charge in [0.1, 0.15) is 5.75 Å². The Morgan fingerprint density at radius 1 is 1.27 bits per heavy atom. The summed E-state index contributed by atoms with van der Waals surface area (Å²) in [5.74, 6) is -1.55. The molecule has 0 saturated heterocycles. The summed E-state index contributed by atoms with van der Waals surface area (Å²) in [5, 5.41) is 8.55. The molecule has 1 heterocycles. The molecule has 1 unspecified atom stereocenters. The van der Waals surface area contributed by atoms with E-state index in [1.165, 1.54) is 26.2 Å². The van der Waals surface area contributed by atoms with Gasteiger partial charge in [-0.1, -0.05) is 11.6 Å². The predicted octanol–water partition coefficient (Wildman–Crippen LogP) is 4.44. The molecule has 1 aromatic heterocycles. The van der Waals surface area contributed by atoms with Gasteiger partial charge in [0.15, 0.2) is 17.7 Å². The van der Waals surface area contributed by atoms with Crippen LogP contribution in [0.25, 0.3) is 0 Å². The quantitative estimate of drug-likeness (QED) is 0.775. The second-order valence-electron chi connectivity index (χ2n) is 4.78. The molecule has 2 aromatic rings. The number of aromatic nitrogens is 1. The summed E-state index contributed by atoms with van der Waals surface area (Å²) in [7, 11) is 1.41. The van der Waals surface area contributed by atoms with E-state index in [0.29, 0.717) is 5.75 Å². The number of carboxylic acids is 1. The van der Waals surface area contributed by atoms with E-state index in [1.807, 2.05) is 0 Å². The fourth-order valence-corrected chi connectivity index (χ4v) is 1.69. The number of benzene rings is 1. The maximum Gasteiger partial charge on any atom is 0.417 e. The molecule has 0 amide bonds. The Morgan fingerprint density at radius 3 is 2.35 bits per heavy atom. The van der Waals surface area contributed by atoms with Crippen LogP contribution in [-0.4, -0.2) is 29.3 Å². The van der Waals surface area contributed by atoms with E-state index in [9.17, 15) is 22.4 Å². The van der Waals surface area contributed by atoms with Crippen molar-refractivity contribution >= 4 is 17.6 Å². The van der Waals surface area contributed by atoms with Gasteiger partial charge in [0, 0.05) is 18.5 Å². The van der Waals surface area contributed by atoms with Crippen LogP contribution in [0.4, 0.5) is 17.6 Å². The lowest BCUT2D eigenvalue weighted by molar-refractivity contribution is -0.144. The molecule has 0 spiro atoms. The highest BCUT2D eigenvalue weighted by Gasteiger charge is 2.30. The number of aliphatic carboxylic acids is 1. The average Bonchev–Trinajstić information content (AvgIpc) is 2.56. The van der Waals surface area contributed by atoms with E-state index in [0.717, 1.165) is 24.5 Å². The molecule has 142 valence electrons. The van der Waals surface area contributed by atoms with Crippen molar-refractivity contribution in [2.75, 3.05) is 7.11 Å². The molecule has 5 nitrogen and oxygen atoms in total. The van der Waals surface area contributed by atoms with Gasteiger partial charge < -0.3 is 14.6 Å². The lowest BCUT2D eigenvalue weighted by Crippen LogP contribution is -2.23. The summed E-state index contributed by atoms with van der Waals surface area (Å²) in [5.41, 5.74) is -0.829. The van der Waals surface area contributed by atoms with Crippen LogP contribution in [0.3, 0.4) is 0 Å². The Kier molecular flexibility index (Phi) is 7.63. The first-order chi connectivity index (χ1) is 12.0. The Hall–Kier alpha value is -2.55. The molecule has 1 aromatic carbocycles. The summed E-state index contributed by atoms with van der Waals surface area (Å²) in [6.07, 6.45) is -3.58. The van der Waals surface area contributed by atoms with Gasteiger partial charge in [0.25, 0.3) is 0 Å². The van der Waals surface area contributed by atoms with Crippen molar-refractivity contribution in [2.24, 2.45) is 0 Å². The number of rotatable bonds is 4. The van der Waals surface area contributed by atoms with Crippen molar-refractivity contribution in [3.63, 3.8) is 0 Å². The number of pyridine rings is 1. The Balaban J connectivity index is 0.000000273. The number of ether oxygens (including phenoxy) is 2. The van der Waals surface area contributed by atoms with Crippen LogP contribution in [0, 0.1) is 5.82 Å². The van der Waals surface area contributed by atoms with Crippen LogP contribution in [0.1, 0.15) is 12.5 Å². The molecule has 0 radical (unpaired) electrons. The topological polar surface area (TPSA) is 68.7 Å². The molecule has 0 fully saturated rings. The number of hydrogen-bond acceptors (Lipinski definition) is 4. The molecule has 1 N–H and O–H groups in total. The van der Waals surface area contributed by atoms with Crippen molar-refractivity contribution in [1.29, 1.82) is 0 Å². The van der Waals surface area contributed by atoms with Crippen LogP contribution < -0.4 is 9.47 Å². The zero-order valence-corrected chi connectivity index (χ0v) is 14.3. The molecule has 0 aliphatic rings. The third-order valence-corrected chi connectivity index (χ3v) is 3.03. The minimum atomic E-state index is -4.36. The maximum atomic E-state index is 13.3. The summed E-state index contributed by atoms with van der Waals surface area (Å²) < 4.78 is 58.5. The largest absolute Gasteiger partial charge is 0.497 e. The van der Waals surface area contributed by atoms with Crippen molar-refractivity contribution in [1.82, 2.24) is 4.98 Å². The van der Waals surface area contributed by atoms with Gasteiger partial charge in [-0.15, -0.1) is 0 Å². The standard InChI is InChI=1S/C10H11FO4.C6H3ClF3N/c1-6(10(12)13)15-9-4-3-7(14-2)5-8(9)11;7-5-1-4(2-11-3-5)6(8,9)10/h3-6H,1-2H3,(H,12,13);1-3H.